The molecule has 128 valence electrons. The Balaban J connectivity index is 1.41. The smallest absolute Gasteiger partial charge is 0.129 e. The molecule has 5 nitrogen and oxygen atoms in total. The van der Waals surface area contributed by atoms with Gasteiger partial charge in [-0.2, -0.15) is 0 Å². The van der Waals surface area contributed by atoms with Crippen LogP contribution < -0.4 is 10.6 Å². The van der Waals surface area contributed by atoms with E-state index in [-0.39, 0.29) is 0 Å². The average molecular weight is 351 g/mol. The zero-order valence-electron chi connectivity index (χ0n) is 14.0. The molecule has 4 heterocycles. The van der Waals surface area contributed by atoms with E-state index < -0.39 is 0 Å². The molecule has 1 aliphatic rings. The summed E-state index contributed by atoms with van der Waals surface area (Å²) < 4.78 is 0. The van der Waals surface area contributed by atoms with Gasteiger partial charge in [0.05, 0.1) is 22.8 Å². The van der Waals surface area contributed by atoms with E-state index in [1.807, 2.05) is 24.4 Å². The van der Waals surface area contributed by atoms with Crippen molar-refractivity contribution in [1.29, 1.82) is 0 Å². The minimum atomic E-state index is 0.495. The van der Waals surface area contributed by atoms with Gasteiger partial charge in [-0.3, -0.25) is 4.98 Å². The predicted octanol–water partition coefficient (Wildman–Crippen LogP) is 3.68. The van der Waals surface area contributed by atoms with Crippen LogP contribution in [-0.2, 0) is 6.54 Å². The number of aromatic nitrogens is 3. The molecule has 1 unspecified atom stereocenters. The number of nitrogens with zero attached hydrogens (tertiary/aromatic N) is 3. The Kier molecular flexibility index (Phi) is 4.99. The molecule has 0 aliphatic carbocycles. The van der Waals surface area contributed by atoms with Crippen molar-refractivity contribution < 1.29 is 0 Å². The highest BCUT2D eigenvalue weighted by atomic mass is 32.1. The number of nitrogens with one attached hydrogen (secondary N) is 2. The monoisotopic (exact) mass is 351 g/mol. The number of anilines is 1. The molecule has 0 amide bonds. The second-order valence-electron chi connectivity index (χ2n) is 6.21. The molecule has 0 saturated carbocycles. The summed E-state index contributed by atoms with van der Waals surface area (Å²) >= 11 is 1.76. The van der Waals surface area contributed by atoms with Gasteiger partial charge in [-0.15, -0.1) is 11.3 Å². The maximum Gasteiger partial charge on any atom is 0.129 e. The molecule has 1 saturated heterocycles. The fourth-order valence-electron chi connectivity index (χ4n) is 3.09. The predicted molar refractivity (Wildman–Crippen MR) is 102 cm³/mol. The topological polar surface area (TPSA) is 62.7 Å². The van der Waals surface area contributed by atoms with Gasteiger partial charge >= 0.3 is 0 Å². The summed E-state index contributed by atoms with van der Waals surface area (Å²) in [6.07, 6.45) is 5.90. The van der Waals surface area contributed by atoms with Gasteiger partial charge in [-0.25, -0.2) is 9.97 Å². The van der Waals surface area contributed by atoms with Crippen LogP contribution in [-0.4, -0.2) is 28.0 Å². The molecule has 4 rings (SSSR count). The zero-order valence-corrected chi connectivity index (χ0v) is 14.8. The number of rotatable bonds is 5. The normalized spacial score (nSPS) is 17.4. The first kappa shape index (κ1) is 16.2. The summed E-state index contributed by atoms with van der Waals surface area (Å²) in [5.41, 5.74) is 2.15. The van der Waals surface area contributed by atoms with Crippen LogP contribution in [0.4, 0.5) is 5.82 Å². The number of hydrogen-bond acceptors (Lipinski definition) is 6. The highest BCUT2D eigenvalue weighted by Crippen LogP contribution is 2.27. The highest BCUT2D eigenvalue weighted by Gasteiger charge is 2.16. The van der Waals surface area contributed by atoms with Crippen molar-refractivity contribution in [3.8, 4) is 10.6 Å². The number of piperidine rings is 1. The molecule has 2 N–H and O–H groups in total. The molecular formula is C19H21N5S. The van der Waals surface area contributed by atoms with E-state index in [0.717, 1.165) is 36.8 Å². The summed E-state index contributed by atoms with van der Waals surface area (Å²) in [5, 5.41) is 6.87. The van der Waals surface area contributed by atoms with Gasteiger partial charge in [-0.05, 0) is 43.7 Å². The summed E-state index contributed by atoms with van der Waals surface area (Å²) in [6, 6.07) is 12.4. The summed E-state index contributed by atoms with van der Waals surface area (Å²) in [5.74, 6) is 1.39. The molecule has 0 spiro atoms. The summed E-state index contributed by atoms with van der Waals surface area (Å²) in [4.78, 5) is 15.7. The minimum absolute atomic E-state index is 0.495. The van der Waals surface area contributed by atoms with Gasteiger partial charge in [-0.1, -0.05) is 6.07 Å². The van der Waals surface area contributed by atoms with Crippen LogP contribution in [0, 0.1) is 0 Å². The van der Waals surface area contributed by atoms with Crippen LogP contribution in [0.5, 0.6) is 0 Å². The van der Waals surface area contributed by atoms with E-state index in [1.54, 1.807) is 17.7 Å². The van der Waals surface area contributed by atoms with Crippen LogP contribution in [0.25, 0.3) is 10.6 Å². The number of thiophene rings is 1. The molecule has 1 atom stereocenters. The van der Waals surface area contributed by atoms with Crippen LogP contribution in [0.15, 0.2) is 48.9 Å². The van der Waals surface area contributed by atoms with Crippen molar-refractivity contribution in [1.82, 2.24) is 20.3 Å². The highest BCUT2D eigenvalue weighted by molar-refractivity contribution is 7.15. The number of pyridine rings is 1. The van der Waals surface area contributed by atoms with Crippen molar-refractivity contribution in [2.75, 3.05) is 18.4 Å². The lowest BCUT2D eigenvalue weighted by molar-refractivity contribution is 0.454. The Hall–Kier alpha value is -2.31. The van der Waals surface area contributed by atoms with Crippen molar-refractivity contribution in [3.05, 3.63) is 59.5 Å². The molecule has 25 heavy (non-hydrogen) atoms. The van der Waals surface area contributed by atoms with Gasteiger partial charge in [0.2, 0.25) is 0 Å². The lowest BCUT2D eigenvalue weighted by Gasteiger charge is -2.22. The van der Waals surface area contributed by atoms with Gasteiger partial charge in [0, 0.05) is 29.6 Å². The van der Waals surface area contributed by atoms with Crippen LogP contribution in [0.1, 0.15) is 29.3 Å². The van der Waals surface area contributed by atoms with Crippen molar-refractivity contribution in [2.24, 2.45) is 0 Å². The largest absolute Gasteiger partial charge is 0.365 e. The van der Waals surface area contributed by atoms with Gasteiger partial charge < -0.3 is 10.6 Å². The molecular weight excluding hydrogens is 330 g/mol. The van der Waals surface area contributed by atoms with E-state index in [2.05, 4.69) is 43.8 Å². The Bertz CT molecular complexity index is 811. The lowest BCUT2D eigenvalue weighted by Crippen LogP contribution is -2.28. The summed E-state index contributed by atoms with van der Waals surface area (Å²) in [7, 11) is 0. The van der Waals surface area contributed by atoms with Crippen molar-refractivity contribution in [3.63, 3.8) is 0 Å². The first-order valence-corrected chi connectivity index (χ1v) is 9.47. The fraction of sp³-hybridized carbons (Fsp3) is 0.316. The standard InChI is InChI=1S/C19H21N5S/c1-2-9-21-16(5-1)18-7-6-15(25-18)12-22-19-10-17(23-13-24-19)14-4-3-8-20-11-14/h1-2,5-7,9-10,13-14,20H,3-4,8,11-12H2,(H,22,23,24). The zero-order chi connectivity index (χ0) is 16.9. The van der Waals surface area contributed by atoms with Crippen LogP contribution in [0.2, 0.25) is 0 Å². The summed E-state index contributed by atoms with van der Waals surface area (Å²) in [6.45, 7) is 2.88. The lowest BCUT2D eigenvalue weighted by atomic mass is 9.96. The Labute approximate surface area is 151 Å². The first-order valence-electron chi connectivity index (χ1n) is 8.65. The molecule has 0 bridgehead atoms. The van der Waals surface area contributed by atoms with Crippen LogP contribution in [0.3, 0.4) is 0 Å². The van der Waals surface area contributed by atoms with Crippen molar-refractivity contribution in [2.45, 2.75) is 25.3 Å². The third kappa shape index (κ3) is 4.03. The van der Waals surface area contributed by atoms with E-state index in [1.165, 1.54) is 22.6 Å². The SMILES string of the molecule is c1ccc(-c2ccc(CNc3cc(C4CCCNC4)ncn3)s2)nc1. The van der Waals surface area contributed by atoms with Crippen LogP contribution >= 0.6 is 11.3 Å². The third-order valence-corrected chi connectivity index (χ3v) is 5.53. The van der Waals surface area contributed by atoms with Crippen molar-refractivity contribution >= 4 is 17.2 Å². The second-order valence-corrected chi connectivity index (χ2v) is 7.37. The third-order valence-electron chi connectivity index (χ3n) is 4.43. The molecule has 0 aromatic carbocycles. The molecule has 0 radical (unpaired) electrons. The first-order chi connectivity index (χ1) is 12.4. The van der Waals surface area contributed by atoms with Gasteiger partial charge in [0.1, 0.15) is 12.1 Å². The maximum atomic E-state index is 4.47. The Morgan fingerprint density at radius 2 is 2.16 bits per heavy atom. The molecule has 1 aliphatic heterocycles. The van der Waals surface area contributed by atoms with E-state index in [9.17, 15) is 0 Å². The molecule has 3 aromatic rings. The number of hydrogen-bond donors (Lipinski definition) is 2. The van der Waals surface area contributed by atoms with Gasteiger partial charge in [0.15, 0.2) is 0 Å². The second kappa shape index (κ2) is 7.72. The maximum absolute atomic E-state index is 4.47. The fourth-order valence-corrected chi connectivity index (χ4v) is 4.02. The molecule has 1 fully saturated rings. The van der Waals surface area contributed by atoms with E-state index in [4.69, 9.17) is 0 Å². The van der Waals surface area contributed by atoms with E-state index in [0.29, 0.717) is 5.92 Å². The van der Waals surface area contributed by atoms with E-state index >= 15 is 0 Å². The minimum Gasteiger partial charge on any atom is -0.365 e. The Morgan fingerprint density at radius 1 is 1.16 bits per heavy atom. The average Bonchev–Trinajstić information content (AvgIpc) is 3.17. The Morgan fingerprint density at radius 3 is 3.00 bits per heavy atom. The quantitative estimate of drug-likeness (QED) is 0.734. The molecule has 3 aromatic heterocycles. The van der Waals surface area contributed by atoms with Gasteiger partial charge in [0.25, 0.3) is 0 Å². The molecule has 6 heteroatoms.